The van der Waals surface area contributed by atoms with Crippen LogP contribution in [0.1, 0.15) is 20.7 Å². The molecule has 28 heavy (non-hydrogen) atoms. The number of para-hydroxylation sites is 1. The predicted molar refractivity (Wildman–Crippen MR) is 95.6 cm³/mol. The molecule has 1 aromatic heterocycles. The smallest absolute Gasteiger partial charge is 0.454 e. The summed E-state index contributed by atoms with van der Waals surface area (Å²) in [5.74, 6) is -1.95. The van der Waals surface area contributed by atoms with E-state index in [4.69, 9.17) is 4.74 Å². The Morgan fingerprint density at radius 2 is 1.79 bits per heavy atom. The number of Topliss-reactive ketones (excluding diaryl/α,β-unsaturated/α-hetero) is 1. The molecule has 2 aromatic carbocycles. The van der Waals surface area contributed by atoms with E-state index in [0.717, 1.165) is 6.20 Å². The van der Waals surface area contributed by atoms with Crippen LogP contribution < -0.4 is 4.74 Å². The van der Waals surface area contributed by atoms with Crippen LogP contribution in [0.15, 0.2) is 54.7 Å². The van der Waals surface area contributed by atoms with Crippen molar-refractivity contribution < 1.29 is 32.2 Å². The van der Waals surface area contributed by atoms with Crippen molar-refractivity contribution in [3.63, 3.8) is 0 Å². The number of aromatic nitrogens is 1. The highest BCUT2D eigenvalue weighted by Crippen LogP contribution is 2.29. The van der Waals surface area contributed by atoms with Crippen molar-refractivity contribution in [1.82, 2.24) is 4.57 Å². The first-order chi connectivity index (χ1) is 13.3. The molecule has 0 unspecified atom stereocenters. The SMILES string of the molecule is COC(=O)c1ccc2c(C(=O)C(F)(F)F)cn(CCOc3ccccc3)c2c1. The summed E-state index contributed by atoms with van der Waals surface area (Å²) in [5.41, 5.74) is 0.00937. The largest absolute Gasteiger partial charge is 0.492 e. The fourth-order valence-electron chi connectivity index (χ4n) is 2.83. The quantitative estimate of drug-likeness (QED) is 0.466. The van der Waals surface area contributed by atoms with Crippen molar-refractivity contribution in [3.05, 3.63) is 65.9 Å². The first-order valence-corrected chi connectivity index (χ1v) is 8.32. The summed E-state index contributed by atoms with van der Waals surface area (Å²) in [7, 11) is 1.21. The molecule has 0 amide bonds. The molecule has 0 aliphatic carbocycles. The average molecular weight is 391 g/mol. The van der Waals surface area contributed by atoms with Crippen molar-refractivity contribution in [2.75, 3.05) is 13.7 Å². The van der Waals surface area contributed by atoms with Crippen molar-refractivity contribution in [1.29, 1.82) is 0 Å². The molecule has 5 nitrogen and oxygen atoms in total. The maximum atomic E-state index is 12.9. The Balaban J connectivity index is 1.96. The predicted octanol–water partition coefficient (Wildman–Crippen LogP) is 4.25. The molecule has 0 N–H and O–H groups in total. The van der Waals surface area contributed by atoms with Crippen LogP contribution in [0.25, 0.3) is 10.9 Å². The third-order valence-electron chi connectivity index (χ3n) is 4.15. The highest BCUT2D eigenvalue weighted by atomic mass is 19.4. The van der Waals surface area contributed by atoms with E-state index in [2.05, 4.69) is 4.74 Å². The summed E-state index contributed by atoms with van der Waals surface area (Å²) >= 11 is 0. The second-order valence-electron chi connectivity index (χ2n) is 5.95. The molecular weight excluding hydrogens is 375 g/mol. The number of ketones is 1. The Bertz CT molecular complexity index is 1010. The third kappa shape index (κ3) is 4.00. The zero-order chi connectivity index (χ0) is 20.3. The number of methoxy groups -OCH3 is 1. The summed E-state index contributed by atoms with van der Waals surface area (Å²) in [6.45, 7) is 0.344. The van der Waals surface area contributed by atoms with Crippen LogP contribution >= 0.6 is 0 Å². The van der Waals surface area contributed by atoms with Gasteiger partial charge in [-0.25, -0.2) is 4.79 Å². The molecule has 3 rings (SSSR count). The number of halogens is 3. The van der Waals surface area contributed by atoms with E-state index < -0.39 is 23.5 Å². The first-order valence-electron chi connectivity index (χ1n) is 8.32. The van der Waals surface area contributed by atoms with E-state index in [-0.39, 0.29) is 24.1 Å². The van der Waals surface area contributed by atoms with Crippen LogP contribution in [0.5, 0.6) is 5.75 Å². The number of hydrogen-bond acceptors (Lipinski definition) is 4. The highest BCUT2D eigenvalue weighted by Gasteiger charge is 2.40. The van der Waals surface area contributed by atoms with Gasteiger partial charge in [-0.05, 0) is 24.3 Å². The van der Waals surface area contributed by atoms with Crippen LogP contribution in [0.2, 0.25) is 0 Å². The van der Waals surface area contributed by atoms with Gasteiger partial charge in [-0.1, -0.05) is 24.3 Å². The molecule has 0 atom stereocenters. The molecule has 146 valence electrons. The zero-order valence-corrected chi connectivity index (χ0v) is 14.8. The summed E-state index contributed by atoms with van der Waals surface area (Å²) in [6, 6.07) is 13.0. The first kappa shape index (κ1) is 19.5. The summed E-state index contributed by atoms with van der Waals surface area (Å²) in [4.78, 5) is 23.6. The van der Waals surface area contributed by atoms with Gasteiger partial charge in [0.25, 0.3) is 5.78 Å². The number of ether oxygens (including phenoxy) is 2. The molecule has 3 aromatic rings. The Morgan fingerprint density at radius 3 is 2.43 bits per heavy atom. The number of benzene rings is 2. The van der Waals surface area contributed by atoms with Gasteiger partial charge >= 0.3 is 12.1 Å². The number of carbonyl (C=O) groups excluding carboxylic acids is 2. The third-order valence-corrected chi connectivity index (χ3v) is 4.15. The summed E-state index contributed by atoms with van der Waals surface area (Å²) < 4.78 is 50.5. The molecule has 0 saturated heterocycles. The Hall–Kier alpha value is -3.29. The minimum atomic E-state index is -5.00. The minimum Gasteiger partial charge on any atom is -0.492 e. The van der Waals surface area contributed by atoms with Gasteiger partial charge in [0, 0.05) is 17.1 Å². The van der Waals surface area contributed by atoms with Gasteiger partial charge in [0.1, 0.15) is 12.4 Å². The van der Waals surface area contributed by atoms with E-state index in [1.165, 1.54) is 29.9 Å². The van der Waals surface area contributed by atoms with Gasteiger partial charge < -0.3 is 14.0 Å². The van der Waals surface area contributed by atoms with Gasteiger partial charge in [0.05, 0.1) is 24.8 Å². The number of hydrogen-bond donors (Lipinski definition) is 0. The summed E-state index contributed by atoms with van der Waals surface area (Å²) in [5, 5.41) is 0.106. The normalized spacial score (nSPS) is 11.4. The Kier molecular flexibility index (Phi) is 5.39. The Morgan fingerprint density at radius 1 is 1.07 bits per heavy atom. The number of esters is 1. The van der Waals surface area contributed by atoms with Crippen LogP contribution in [0.3, 0.4) is 0 Å². The fourth-order valence-corrected chi connectivity index (χ4v) is 2.83. The number of nitrogens with zero attached hydrogens (tertiary/aromatic N) is 1. The van der Waals surface area contributed by atoms with Crippen molar-refractivity contribution in [3.8, 4) is 5.75 Å². The van der Waals surface area contributed by atoms with Crippen molar-refractivity contribution >= 4 is 22.7 Å². The molecule has 0 saturated carbocycles. The van der Waals surface area contributed by atoms with Crippen LogP contribution in [0, 0.1) is 0 Å². The summed E-state index contributed by atoms with van der Waals surface area (Å²) in [6.07, 6.45) is -3.86. The maximum absolute atomic E-state index is 12.9. The van der Waals surface area contributed by atoms with E-state index >= 15 is 0 Å². The van der Waals surface area contributed by atoms with Gasteiger partial charge in [-0.2, -0.15) is 13.2 Å². The number of rotatable bonds is 6. The molecule has 0 spiro atoms. The van der Waals surface area contributed by atoms with Crippen LogP contribution in [-0.2, 0) is 11.3 Å². The zero-order valence-electron chi connectivity index (χ0n) is 14.8. The minimum absolute atomic E-state index is 0.106. The number of carbonyl (C=O) groups is 2. The number of fused-ring (bicyclic) bond motifs is 1. The monoisotopic (exact) mass is 391 g/mol. The topological polar surface area (TPSA) is 57.5 Å². The van der Waals surface area contributed by atoms with Gasteiger partial charge in [0.2, 0.25) is 0 Å². The lowest BCUT2D eigenvalue weighted by Gasteiger charge is -2.08. The molecule has 8 heteroatoms. The lowest BCUT2D eigenvalue weighted by atomic mass is 10.1. The fraction of sp³-hybridized carbons (Fsp3) is 0.200. The van der Waals surface area contributed by atoms with E-state index in [1.807, 2.05) is 6.07 Å². The molecule has 0 fully saturated rings. The van der Waals surface area contributed by atoms with E-state index in [0.29, 0.717) is 11.3 Å². The highest BCUT2D eigenvalue weighted by molar-refractivity contribution is 6.11. The lowest BCUT2D eigenvalue weighted by Crippen LogP contribution is -2.22. The molecule has 0 radical (unpaired) electrons. The average Bonchev–Trinajstić information content (AvgIpc) is 3.04. The lowest BCUT2D eigenvalue weighted by molar-refractivity contribution is -0.0884. The molecular formula is C20H16F3NO4. The second kappa shape index (κ2) is 7.75. The van der Waals surface area contributed by atoms with E-state index in [1.54, 1.807) is 24.3 Å². The van der Waals surface area contributed by atoms with Crippen LogP contribution in [-0.4, -0.2) is 36.2 Å². The Labute approximate surface area is 158 Å². The maximum Gasteiger partial charge on any atom is 0.454 e. The van der Waals surface area contributed by atoms with Crippen molar-refractivity contribution in [2.24, 2.45) is 0 Å². The van der Waals surface area contributed by atoms with Gasteiger partial charge in [0.15, 0.2) is 0 Å². The van der Waals surface area contributed by atoms with Crippen LogP contribution in [0.4, 0.5) is 13.2 Å². The van der Waals surface area contributed by atoms with Crippen molar-refractivity contribution in [2.45, 2.75) is 12.7 Å². The molecule has 0 aliphatic heterocycles. The second-order valence-corrected chi connectivity index (χ2v) is 5.95. The standard InChI is InChI=1S/C20H16F3NO4/c1-27-19(26)13-7-8-15-16(18(25)20(21,22)23)12-24(17(15)11-13)9-10-28-14-5-3-2-4-6-14/h2-8,11-12H,9-10H2,1H3. The number of alkyl halides is 3. The molecule has 1 heterocycles. The molecule has 0 aliphatic rings. The molecule has 0 bridgehead atoms. The van der Waals surface area contributed by atoms with E-state index in [9.17, 15) is 22.8 Å². The van der Waals surface area contributed by atoms with Gasteiger partial charge in [-0.15, -0.1) is 0 Å². The van der Waals surface area contributed by atoms with Gasteiger partial charge in [-0.3, -0.25) is 4.79 Å².